The van der Waals surface area contributed by atoms with E-state index < -0.39 is 0 Å². The third kappa shape index (κ3) is 3.64. The summed E-state index contributed by atoms with van der Waals surface area (Å²) in [6, 6.07) is 10.1. The lowest BCUT2D eigenvalue weighted by atomic mass is 9.97. The van der Waals surface area contributed by atoms with Gasteiger partial charge < -0.3 is 20.9 Å². The van der Waals surface area contributed by atoms with Crippen molar-refractivity contribution in [2.45, 2.75) is 39.2 Å². The van der Waals surface area contributed by atoms with E-state index in [2.05, 4.69) is 57.7 Å². The first-order valence-electron chi connectivity index (χ1n) is 8.91. The highest BCUT2D eigenvalue weighted by molar-refractivity contribution is 5.83. The van der Waals surface area contributed by atoms with Crippen molar-refractivity contribution in [3.63, 3.8) is 0 Å². The lowest BCUT2D eigenvalue weighted by molar-refractivity contribution is 0.446. The van der Waals surface area contributed by atoms with Crippen LogP contribution in [0.3, 0.4) is 0 Å². The molecule has 0 saturated carbocycles. The molecule has 26 heavy (non-hydrogen) atoms. The van der Waals surface area contributed by atoms with Crippen LogP contribution in [-0.2, 0) is 0 Å². The Balaban J connectivity index is 1.49. The Labute approximate surface area is 153 Å². The van der Waals surface area contributed by atoms with Crippen LogP contribution in [0.1, 0.15) is 33.6 Å². The second-order valence-electron chi connectivity index (χ2n) is 7.63. The lowest BCUT2D eigenvalue weighted by Crippen LogP contribution is -2.38. The number of rotatable bonds is 5. The van der Waals surface area contributed by atoms with Gasteiger partial charge in [-0.25, -0.2) is 4.98 Å². The Morgan fingerprint density at radius 2 is 1.85 bits per heavy atom. The van der Waals surface area contributed by atoms with E-state index in [1.807, 2.05) is 30.5 Å². The summed E-state index contributed by atoms with van der Waals surface area (Å²) in [5, 5.41) is 11.4. The molecule has 4 N–H and O–H groups in total. The van der Waals surface area contributed by atoms with E-state index in [0.29, 0.717) is 5.95 Å². The molecule has 1 aliphatic carbocycles. The molecule has 0 fully saturated rings. The van der Waals surface area contributed by atoms with E-state index in [4.69, 9.17) is 0 Å². The predicted molar refractivity (Wildman–Crippen MR) is 106 cm³/mol. The van der Waals surface area contributed by atoms with E-state index in [-0.39, 0.29) is 5.54 Å². The van der Waals surface area contributed by atoms with E-state index in [1.54, 1.807) is 6.20 Å². The minimum Gasteiger partial charge on any atom is -0.382 e. The highest BCUT2D eigenvalue weighted by Crippen LogP contribution is 2.28. The van der Waals surface area contributed by atoms with Crippen LogP contribution in [0.4, 0.5) is 17.5 Å². The van der Waals surface area contributed by atoms with Crippen LogP contribution in [0.5, 0.6) is 0 Å². The van der Waals surface area contributed by atoms with Crippen LogP contribution in [0.25, 0.3) is 10.9 Å². The average Bonchev–Trinajstić information content (AvgIpc) is 3.04. The molecular formula is C20H24N6. The first kappa shape index (κ1) is 16.4. The maximum absolute atomic E-state index is 4.59. The fourth-order valence-electron chi connectivity index (χ4n) is 3.01. The van der Waals surface area contributed by atoms with E-state index in [0.717, 1.165) is 35.2 Å². The molecule has 0 spiro atoms. The fourth-order valence-corrected chi connectivity index (χ4v) is 3.01. The normalized spacial score (nSPS) is 14.3. The average molecular weight is 348 g/mol. The predicted octanol–water partition coefficient (Wildman–Crippen LogP) is 4.51. The molecule has 0 radical (unpaired) electrons. The quantitative estimate of drug-likeness (QED) is 0.546. The maximum Gasteiger partial charge on any atom is 0.229 e. The van der Waals surface area contributed by atoms with Gasteiger partial charge in [0.2, 0.25) is 5.95 Å². The van der Waals surface area contributed by atoms with Gasteiger partial charge in [-0.2, -0.15) is 4.98 Å². The summed E-state index contributed by atoms with van der Waals surface area (Å²) in [4.78, 5) is 12.1. The molecule has 4 rings (SSSR count). The minimum atomic E-state index is 0.0674. The molecule has 0 amide bonds. The molecule has 1 aliphatic rings. The first-order chi connectivity index (χ1) is 12.5. The van der Waals surface area contributed by atoms with Gasteiger partial charge in [0, 0.05) is 45.9 Å². The van der Waals surface area contributed by atoms with Gasteiger partial charge in [0.15, 0.2) is 0 Å². The SMILES string of the molecule is CC(C)(C)NC1=C(Nc2ccnc(Nc3ccc4[nH]ccc4c3)n2)CC1. The number of aromatic amines is 1. The van der Waals surface area contributed by atoms with Crippen molar-refractivity contribution in [3.8, 4) is 0 Å². The van der Waals surface area contributed by atoms with Crippen LogP contribution in [-0.4, -0.2) is 20.5 Å². The molecule has 2 aromatic heterocycles. The molecule has 0 unspecified atom stereocenters. The standard InChI is InChI=1S/C20H24N6/c1-20(2,3)26-17-7-6-16(17)24-18-9-11-22-19(25-18)23-14-4-5-15-13(12-14)8-10-21-15/h4-5,8-12,21,26H,6-7H2,1-3H3,(H2,22,23,24,25). The van der Waals surface area contributed by atoms with E-state index in [9.17, 15) is 0 Å². The number of hydrogen-bond acceptors (Lipinski definition) is 5. The molecule has 134 valence electrons. The largest absolute Gasteiger partial charge is 0.382 e. The van der Waals surface area contributed by atoms with Crippen LogP contribution < -0.4 is 16.0 Å². The zero-order valence-corrected chi connectivity index (χ0v) is 15.4. The lowest BCUT2D eigenvalue weighted by Gasteiger charge is -2.32. The topological polar surface area (TPSA) is 77.7 Å². The Hall–Kier alpha value is -3.02. The summed E-state index contributed by atoms with van der Waals surface area (Å²) < 4.78 is 0. The minimum absolute atomic E-state index is 0.0674. The van der Waals surface area contributed by atoms with Crippen LogP contribution in [0.2, 0.25) is 0 Å². The van der Waals surface area contributed by atoms with E-state index in [1.165, 1.54) is 11.4 Å². The van der Waals surface area contributed by atoms with Gasteiger partial charge in [-0.05, 0) is 63.9 Å². The van der Waals surface area contributed by atoms with Crippen molar-refractivity contribution in [1.82, 2.24) is 20.3 Å². The smallest absolute Gasteiger partial charge is 0.229 e. The van der Waals surface area contributed by atoms with Crippen molar-refractivity contribution in [1.29, 1.82) is 0 Å². The van der Waals surface area contributed by atoms with Crippen LogP contribution in [0, 0.1) is 0 Å². The molecule has 6 heteroatoms. The van der Waals surface area contributed by atoms with Crippen LogP contribution >= 0.6 is 0 Å². The number of nitrogens with one attached hydrogen (secondary N) is 4. The van der Waals surface area contributed by atoms with Crippen LogP contribution in [0.15, 0.2) is 54.1 Å². The Kier molecular flexibility index (Phi) is 4.03. The Bertz CT molecular complexity index is 964. The number of nitrogens with zero attached hydrogens (tertiary/aromatic N) is 2. The van der Waals surface area contributed by atoms with Gasteiger partial charge in [-0.1, -0.05) is 0 Å². The number of allylic oxidation sites excluding steroid dienone is 2. The zero-order valence-electron chi connectivity index (χ0n) is 15.4. The summed E-state index contributed by atoms with van der Waals surface area (Å²) in [5.74, 6) is 1.38. The van der Waals surface area contributed by atoms with Crippen molar-refractivity contribution in [2.75, 3.05) is 10.6 Å². The molecule has 0 aliphatic heterocycles. The van der Waals surface area contributed by atoms with E-state index >= 15 is 0 Å². The van der Waals surface area contributed by atoms with Crippen molar-refractivity contribution in [2.24, 2.45) is 0 Å². The highest BCUT2D eigenvalue weighted by atomic mass is 15.1. The van der Waals surface area contributed by atoms with Gasteiger partial charge in [0.25, 0.3) is 0 Å². The van der Waals surface area contributed by atoms with Gasteiger partial charge in [0.1, 0.15) is 5.82 Å². The molecule has 3 aromatic rings. The number of hydrogen-bond donors (Lipinski definition) is 4. The van der Waals surface area contributed by atoms with Gasteiger partial charge in [0.05, 0.1) is 0 Å². The summed E-state index contributed by atoms with van der Waals surface area (Å²) >= 11 is 0. The van der Waals surface area contributed by atoms with Crippen molar-refractivity contribution >= 4 is 28.4 Å². The maximum atomic E-state index is 4.59. The highest BCUT2D eigenvalue weighted by Gasteiger charge is 2.22. The fraction of sp³-hybridized carbons (Fsp3) is 0.300. The second-order valence-corrected chi connectivity index (χ2v) is 7.63. The number of benzene rings is 1. The summed E-state index contributed by atoms with van der Waals surface area (Å²) in [7, 11) is 0. The van der Waals surface area contributed by atoms with Gasteiger partial charge >= 0.3 is 0 Å². The summed E-state index contributed by atoms with van der Waals surface area (Å²) in [5.41, 5.74) is 4.62. The van der Waals surface area contributed by atoms with Crippen molar-refractivity contribution in [3.05, 3.63) is 54.1 Å². The molecule has 0 atom stereocenters. The molecule has 1 aromatic carbocycles. The second kappa shape index (κ2) is 6.37. The monoisotopic (exact) mass is 348 g/mol. The molecule has 0 bridgehead atoms. The molecular weight excluding hydrogens is 324 g/mol. The number of fused-ring (bicyclic) bond motifs is 1. The molecule has 6 nitrogen and oxygen atoms in total. The van der Waals surface area contributed by atoms with Gasteiger partial charge in [-0.3, -0.25) is 0 Å². The number of anilines is 3. The first-order valence-corrected chi connectivity index (χ1v) is 8.91. The third-order valence-electron chi connectivity index (χ3n) is 4.26. The zero-order chi connectivity index (χ0) is 18.1. The summed E-state index contributed by atoms with van der Waals surface area (Å²) in [6.45, 7) is 6.51. The third-order valence-corrected chi connectivity index (χ3v) is 4.26. The molecule has 2 heterocycles. The number of aromatic nitrogens is 3. The molecule has 0 saturated heterocycles. The summed E-state index contributed by atoms with van der Waals surface area (Å²) in [6.07, 6.45) is 5.81. The van der Waals surface area contributed by atoms with Crippen molar-refractivity contribution < 1.29 is 0 Å². The Morgan fingerprint density at radius 3 is 2.62 bits per heavy atom. The van der Waals surface area contributed by atoms with Gasteiger partial charge in [-0.15, -0.1) is 0 Å². The Morgan fingerprint density at radius 1 is 1.00 bits per heavy atom. The number of H-pyrrole nitrogens is 1.